The molecule has 0 bridgehead atoms. The predicted octanol–water partition coefficient (Wildman–Crippen LogP) is -0.355. The van der Waals surface area contributed by atoms with E-state index < -0.39 is 10.0 Å². The van der Waals surface area contributed by atoms with Crippen molar-refractivity contribution < 1.29 is 13.2 Å². The Hall–Kier alpha value is -0.170. The first-order valence-corrected chi connectivity index (χ1v) is 6.79. The highest BCUT2D eigenvalue weighted by Crippen LogP contribution is 2.12. The maximum atomic E-state index is 11.4. The van der Waals surface area contributed by atoms with Gasteiger partial charge in [0, 0.05) is 33.3 Å². The van der Waals surface area contributed by atoms with Crippen molar-refractivity contribution in [1.29, 1.82) is 0 Å². The highest BCUT2D eigenvalue weighted by Gasteiger charge is 2.24. The summed E-state index contributed by atoms with van der Waals surface area (Å²) >= 11 is 0. The van der Waals surface area contributed by atoms with Crippen molar-refractivity contribution in [2.45, 2.75) is 25.5 Å². The molecule has 0 aromatic carbocycles. The molecule has 15 heavy (non-hydrogen) atoms. The van der Waals surface area contributed by atoms with Gasteiger partial charge in [-0.05, 0) is 13.3 Å². The van der Waals surface area contributed by atoms with Gasteiger partial charge in [0.05, 0.1) is 11.9 Å². The number of hydrogen-bond acceptors (Lipinski definition) is 4. The van der Waals surface area contributed by atoms with E-state index in [4.69, 9.17) is 4.74 Å². The van der Waals surface area contributed by atoms with Gasteiger partial charge in [0.1, 0.15) is 0 Å². The number of nitrogens with zero attached hydrogens (tertiary/aromatic N) is 1. The molecule has 0 spiro atoms. The standard InChI is InChI=1S/C9H20N2O3S/c1-8-9(4-6-14-8)10-5-7-15(12,13)11(2)3/h8-10H,4-7H2,1-3H3. The van der Waals surface area contributed by atoms with Gasteiger partial charge >= 0.3 is 0 Å². The highest BCUT2D eigenvalue weighted by atomic mass is 32.2. The van der Waals surface area contributed by atoms with E-state index >= 15 is 0 Å². The average molecular weight is 236 g/mol. The van der Waals surface area contributed by atoms with Crippen LogP contribution in [0.3, 0.4) is 0 Å². The highest BCUT2D eigenvalue weighted by molar-refractivity contribution is 7.89. The molecule has 0 amide bonds. The molecular formula is C9H20N2O3S. The van der Waals surface area contributed by atoms with E-state index in [1.807, 2.05) is 6.92 Å². The molecule has 2 atom stereocenters. The monoisotopic (exact) mass is 236 g/mol. The lowest BCUT2D eigenvalue weighted by molar-refractivity contribution is 0.113. The molecular weight excluding hydrogens is 216 g/mol. The minimum Gasteiger partial charge on any atom is -0.377 e. The topological polar surface area (TPSA) is 58.6 Å². The minimum atomic E-state index is -3.08. The molecule has 0 aromatic rings. The van der Waals surface area contributed by atoms with Crippen molar-refractivity contribution in [1.82, 2.24) is 9.62 Å². The number of nitrogens with one attached hydrogen (secondary N) is 1. The zero-order valence-corrected chi connectivity index (χ0v) is 10.4. The van der Waals surface area contributed by atoms with Gasteiger partial charge in [-0.15, -0.1) is 0 Å². The van der Waals surface area contributed by atoms with Crippen LogP contribution in [0.4, 0.5) is 0 Å². The smallest absolute Gasteiger partial charge is 0.214 e. The van der Waals surface area contributed by atoms with Gasteiger partial charge in [-0.1, -0.05) is 0 Å². The SMILES string of the molecule is CC1OCCC1NCCS(=O)(=O)N(C)C. The zero-order chi connectivity index (χ0) is 11.5. The Morgan fingerprint density at radius 3 is 2.60 bits per heavy atom. The molecule has 6 heteroatoms. The van der Waals surface area contributed by atoms with Crippen molar-refractivity contribution in [2.24, 2.45) is 0 Å². The van der Waals surface area contributed by atoms with Crippen LogP contribution < -0.4 is 5.32 Å². The maximum absolute atomic E-state index is 11.4. The van der Waals surface area contributed by atoms with Crippen LogP contribution in [0.5, 0.6) is 0 Å². The lowest BCUT2D eigenvalue weighted by Crippen LogP contribution is -2.39. The Morgan fingerprint density at radius 2 is 2.13 bits per heavy atom. The van der Waals surface area contributed by atoms with Gasteiger partial charge in [-0.25, -0.2) is 12.7 Å². The first-order chi connectivity index (χ1) is 6.93. The second-order valence-electron chi connectivity index (χ2n) is 4.02. The molecule has 1 N–H and O–H groups in total. The summed E-state index contributed by atoms with van der Waals surface area (Å²) in [6.45, 7) is 3.25. The normalized spacial score (nSPS) is 27.5. The van der Waals surface area contributed by atoms with E-state index in [1.165, 1.54) is 4.31 Å². The molecule has 1 saturated heterocycles. The van der Waals surface area contributed by atoms with Crippen LogP contribution in [0, 0.1) is 0 Å². The van der Waals surface area contributed by atoms with Crippen molar-refractivity contribution in [2.75, 3.05) is 33.0 Å². The minimum absolute atomic E-state index is 0.142. The molecule has 1 aliphatic rings. The van der Waals surface area contributed by atoms with Gasteiger partial charge < -0.3 is 10.1 Å². The van der Waals surface area contributed by atoms with E-state index in [1.54, 1.807) is 14.1 Å². The second-order valence-corrected chi connectivity index (χ2v) is 6.33. The number of ether oxygens (including phenoxy) is 1. The molecule has 1 heterocycles. The van der Waals surface area contributed by atoms with Crippen molar-refractivity contribution in [3.63, 3.8) is 0 Å². The van der Waals surface area contributed by atoms with Gasteiger partial charge in [0.15, 0.2) is 0 Å². The van der Waals surface area contributed by atoms with E-state index in [0.717, 1.165) is 13.0 Å². The summed E-state index contributed by atoms with van der Waals surface area (Å²) in [4.78, 5) is 0. The fraction of sp³-hybridized carbons (Fsp3) is 1.00. The third-order valence-corrected chi connectivity index (χ3v) is 4.53. The summed E-state index contributed by atoms with van der Waals surface area (Å²) in [7, 11) is 0.0271. The van der Waals surface area contributed by atoms with Crippen molar-refractivity contribution in [3.05, 3.63) is 0 Å². The molecule has 5 nitrogen and oxygen atoms in total. The molecule has 1 rings (SSSR count). The van der Waals surface area contributed by atoms with Crippen LogP contribution in [0.25, 0.3) is 0 Å². The Bertz CT molecular complexity index is 290. The largest absolute Gasteiger partial charge is 0.377 e. The molecule has 0 aromatic heterocycles. The summed E-state index contributed by atoms with van der Waals surface area (Å²) in [6.07, 6.45) is 1.15. The lowest BCUT2D eigenvalue weighted by atomic mass is 10.2. The number of sulfonamides is 1. The van der Waals surface area contributed by atoms with E-state index in [-0.39, 0.29) is 11.9 Å². The summed E-state index contributed by atoms with van der Waals surface area (Å²) in [5.74, 6) is 0.142. The first kappa shape index (κ1) is 12.9. The van der Waals surface area contributed by atoms with E-state index in [9.17, 15) is 8.42 Å². The third kappa shape index (κ3) is 3.71. The fourth-order valence-corrected chi connectivity index (χ4v) is 2.30. The third-order valence-electron chi connectivity index (χ3n) is 2.70. The summed E-state index contributed by atoms with van der Waals surface area (Å²) < 4.78 is 29.5. The van der Waals surface area contributed by atoms with Gasteiger partial charge in [0.25, 0.3) is 0 Å². The summed E-state index contributed by atoms with van der Waals surface area (Å²) in [5.41, 5.74) is 0. The van der Waals surface area contributed by atoms with Crippen LogP contribution in [0.1, 0.15) is 13.3 Å². The molecule has 0 saturated carbocycles. The molecule has 1 fully saturated rings. The molecule has 0 aliphatic carbocycles. The van der Waals surface area contributed by atoms with Gasteiger partial charge in [-0.3, -0.25) is 0 Å². The molecule has 2 unspecified atom stereocenters. The fourth-order valence-electron chi connectivity index (χ4n) is 1.56. The van der Waals surface area contributed by atoms with Crippen LogP contribution in [-0.4, -0.2) is 57.9 Å². The van der Waals surface area contributed by atoms with Crippen LogP contribution in [-0.2, 0) is 14.8 Å². The predicted molar refractivity (Wildman–Crippen MR) is 59.3 cm³/mol. The maximum Gasteiger partial charge on any atom is 0.214 e. The Labute approximate surface area is 91.8 Å². The Kier molecular flexibility index (Phi) is 4.51. The summed E-state index contributed by atoms with van der Waals surface area (Å²) in [5, 5.41) is 3.21. The van der Waals surface area contributed by atoms with Crippen LogP contribution >= 0.6 is 0 Å². The summed E-state index contributed by atoms with van der Waals surface area (Å²) in [6, 6.07) is 0.294. The second kappa shape index (κ2) is 5.25. The van der Waals surface area contributed by atoms with Gasteiger partial charge in [0.2, 0.25) is 10.0 Å². The average Bonchev–Trinajstić information content (AvgIpc) is 2.51. The quantitative estimate of drug-likeness (QED) is 0.708. The number of rotatable bonds is 5. The van der Waals surface area contributed by atoms with Gasteiger partial charge in [-0.2, -0.15) is 0 Å². The van der Waals surface area contributed by atoms with E-state index in [0.29, 0.717) is 12.6 Å². The Morgan fingerprint density at radius 1 is 1.47 bits per heavy atom. The number of hydrogen-bond donors (Lipinski definition) is 1. The molecule has 90 valence electrons. The van der Waals surface area contributed by atoms with Crippen LogP contribution in [0.15, 0.2) is 0 Å². The Balaban J connectivity index is 2.27. The van der Waals surface area contributed by atoms with Crippen molar-refractivity contribution >= 4 is 10.0 Å². The van der Waals surface area contributed by atoms with Crippen molar-refractivity contribution in [3.8, 4) is 0 Å². The molecule has 1 aliphatic heterocycles. The molecule has 0 radical (unpaired) electrons. The van der Waals surface area contributed by atoms with E-state index in [2.05, 4.69) is 5.32 Å². The zero-order valence-electron chi connectivity index (χ0n) is 9.56. The van der Waals surface area contributed by atoms with Crippen LogP contribution in [0.2, 0.25) is 0 Å². The first-order valence-electron chi connectivity index (χ1n) is 5.18. The lowest BCUT2D eigenvalue weighted by Gasteiger charge is -2.17.